The van der Waals surface area contributed by atoms with Gasteiger partial charge in [0, 0.05) is 24.4 Å². The van der Waals surface area contributed by atoms with Gasteiger partial charge < -0.3 is 5.32 Å². The van der Waals surface area contributed by atoms with E-state index in [1.807, 2.05) is 6.08 Å². The molecule has 0 radical (unpaired) electrons. The monoisotopic (exact) mass is 265 g/mol. The molecular weight excluding hydrogens is 244 g/mol. The van der Waals surface area contributed by atoms with Gasteiger partial charge >= 0.3 is 0 Å². The SMILES string of the molecule is CN/C(=C\C=C/C(C)C(C)C)c1ccc(F)cc1F. The number of rotatable bonds is 5. The Morgan fingerprint density at radius 2 is 1.89 bits per heavy atom. The maximum atomic E-state index is 13.7. The number of allylic oxidation sites excluding steroid dienone is 3. The topological polar surface area (TPSA) is 12.0 Å². The Hall–Kier alpha value is -1.64. The van der Waals surface area contributed by atoms with Crippen LogP contribution in [0.1, 0.15) is 26.3 Å². The van der Waals surface area contributed by atoms with Crippen LogP contribution < -0.4 is 5.32 Å². The summed E-state index contributed by atoms with van der Waals surface area (Å²) in [7, 11) is 1.72. The number of hydrogen-bond acceptors (Lipinski definition) is 1. The number of nitrogens with one attached hydrogen (secondary N) is 1. The van der Waals surface area contributed by atoms with Crippen molar-refractivity contribution in [1.29, 1.82) is 0 Å². The third-order valence-corrected chi connectivity index (χ3v) is 3.22. The Morgan fingerprint density at radius 3 is 2.42 bits per heavy atom. The molecule has 1 aromatic rings. The van der Waals surface area contributed by atoms with Crippen LogP contribution >= 0.6 is 0 Å². The molecule has 0 aliphatic heterocycles. The molecule has 0 aliphatic rings. The lowest BCUT2D eigenvalue weighted by molar-refractivity contribution is 0.504. The first-order valence-electron chi connectivity index (χ1n) is 6.47. The lowest BCUT2D eigenvalue weighted by atomic mass is 9.97. The second kappa shape index (κ2) is 7.07. The van der Waals surface area contributed by atoms with Gasteiger partial charge in [0.05, 0.1) is 0 Å². The highest BCUT2D eigenvalue weighted by Gasteiger charge is 2.07. The quantitative estimate of drug-likeness (QED) is 0.779. The van der Waals surface area contributed by atoms with Crippen molar-refractivity contribution < 1.29 is 8.78 Å². The van der Waals surface area contributed by atoms with E-state index in [0.717, 1.165) is 6.07 Å². The van der Waals surface area contributed by atoms with E-state index < -0.39 is 11.6 Å². The molecule has 0 spiro atoms. The molecule has 0 saturated heterocycles. The lowest BCUT2D eigenvalue weighted by Crippen LogP contribution is -2.06. The molecule has 1 aromatic carbocycles. The zero-order valence-electron chi connectivity index (χ0n) is 11.9. The minimum atomic E-state index is -0.569. The Bertz CT molecular complexity index is 476. The standard InChI is InChI=1S/C16H21F2N/c1-11(2)12(3)6-5-7-16(19-4)14-9-8-13(17)10-15(14)18/h5-12,19H,1-4H3/b6-5-,16-7-. The fourth-order valence-corrected chi connectivity index (χ4v) is 1.56. The molecule has 3 heteroatoms. The Morgan fingerprint density at radius 1 is 1.21 bits per heavy atom. The van der Waals surface area contributed by atoms with E-state index in [9.17, 15) is 8.78 Å². The predicted octanol–water partition coefficient (Wildman–Crippen LogP) is 4.37. The molecule has 0 bridgehead atoms. The molecular formula is C16H21F2N. The third kappa shape index (κ3) is 4.51. The van der Waals surface area contributed by atoms with Crippen molar-refractivity contribution in [3.63, 3.8) is 0 Å². The van der Waals surface area contributed by atoms with Gasteiger partial charge in [-0.05, 0) is 30.0 Å². The third-order valence-electron chi connectivity index (χ3n) is 3.22. The van der Waals surface area contributed by atoms with E-state index in [4.69, 9.17) is 0 Å². The number of benzene rings is 1. The van der Waals surface area contributed by atoms with Gasteiger partial charge in [-0.2, -0.15) is 0 Å². The minimum Gasteiger partial charge on any atom is -0.388 e. The Kier molecular flexibility index (Phi) is 5.74. The molecule has 1 nitrogen and oxygen atoms in total. The Labute approximate surface area is 114 Å². The average molecular weight is 265 g/mol. The maximum absolute atomic E-state index is 13.7. The van der Waals surface area contributed by atoms with E-state index in [0.29, 0.717) is 23.1 Å². The van der Waals surface area contributed by atoms with Gasteiger partial charge in [0.25, 0.3) is 0 Å². The van der Waals surface area contributed by atoms with Crippen LogP contribution in [-0.4, -0.2) is 7.05 Å². The van der Waals surface area contributed by atoms with Crippen molar-refractivity contribution in [3.05, 3.63) is 53.6 Å². The van der Waals surface area contributed by atoms with Crippen molar-refractivity contribution in [2.24, 2.45) is 11.8 Å². The second-order valence-corrected chi connectivity index (χ2v) is 4.94. The van der Waals surface area contributed by atoms with Gasteiger partial charge in [-0.25, -0.2) is 8.78 Å². The van der Waals surface area contributed by atoms with E-state index in [1.54, 1.807) is 13.1 Å². The molecule has 19 heavy (non-hydrogen) atoms. The fraction of sp³-hybridized carbons (Fsp3) is 0.375. The molecule has 0 saturated carbocycles. The van der Waals surface area contributed by atoms with Crippen LogP contribution in [0.5, 0.6) is 0 Å². The summed E-state index contributed by atoms with van der Waals surface area (Å²) >= 11 is 0. The summed E-state index contributed by atoms with van der Waals surface area (Å²) in [5.74, 6) is -0.121. The summed E-state index contributed by atoms with van der Waals surface area (Å²) in [6.45, 7) is 6.43. The first-order valence-corrected chi connectivity index (χ1v) is 6.47. The first-order chi connectivity index (χ1) is 8.95. The van der Waals surface area contributed by atoms with E-state index in [-0.39, 0.29) is 0 Å². The molecule has 0 heterocycles. The van der Waals surface area contributed by atoms with Crippen LogP contribution in [0.25, 0.3) is 5.70 Å². The molecule has 1 N–H and O–H groups in total. The molecule has 1 unspecified atom stereocenters. The molecule has 104 valence electrons. The van der Waals surface area contributed by atoms with Crippen molar-refractivity contribution in [1.82, 2.24) is 5.32 Å². The van der Waals surface area contributed by atoms with Gasteiger partial charge in [0.15, 0.2) is 0 Å². The van der Waals surface area contributed by atoms with Crippen LogP contribution in [0.15, 0.2) is 36.4 Å². The van der Waals surface area contributed by atoms with Gasteiger partial charge in [0.2, 0.25) is 0 Å². The zero-order chi connectivity index (χ0) is 14.4. The van der Waals surface area contributed by atoms with E-state index in [2.05, 4.69) is 32.2 Å². The van der Waals surface area contributed by atoms with Crippen LogP contribution in [0.2, 0.25) is 0 Å². The van der Waals surface area contributed by atoms with E-state index in [1.165, 1.54) is 12.1 Å². The largest absolute Gasteiger partial charge is 0.388 e. The molecule has 1 rings (SSSR count). The van der Waals surface area contributed by atoms with Gasteiger partial charge in [-0.1, -0.05) is 32.9 Å². The normalized spacial score (nSPS) is 14.2. The number of hydrogen-bond donors (Lipinski definition) is 1. The number of halogens is 2. The summed E-state index contributed by atoms with van der Waals surface area (Å²) in [6, 6.07) is 3.58. The highest BCUT2D eigenvalue weighted by atomic mass is 19.1. The highest BCUT2D eigenvalue weighted by Crippen LogP contribution is 2.17. The molecule has 1 atom stereocenters. The van der Waals surface area contributed by atoms with Crippen molar-refractivity contribution in [3.8, 4) is 0 Å². The van der Waals surface area contributed by atoms with Crippen LogP contribution in [0.3, 0.4) is 0 Å². The van der Waals surface area contributed by atoms with Gasteiger partial charge in [0.1, 0.15) is 11.6 Å². The Balaban J connectivity index is 2.94. The minimum absolute atomic E-state index is 0.366. The van der Waals surface area contributed by atoms with Gasteiger partial charge in [-0.3, -0.25) is 0 Å². The second-order valence-electron chi connectivity index (χ2n) is 4.94. The fourth-order valence-electron chi connectivity index (χ4n) is 1.56. The van der Waals surface area contributed by atoms with Crippen molar-refractivity contribution >= 4 is 5.70 Å². The summed E-state index contributed by atoms with van der Waals surface area (Å²) in [5, 5.41) is 2.93. The maximum Gasteiger partial charge on any atom is 0.135 e. The summed E-state index contributed by atoms with van der Waals surface area (Å²) in [5.41, 5.74) is 0.996. The molecule has 0 amide bonds. The summed E-state index contributed by atoms with van der Waals surface area (Å²) < 4.78 is 26.5. The van der Waals surface area contributed by atoms with Crippen LogP contribution in [0.4, 0.5) is 8.78 Å². The zero-order valence-corrected chi connectivity index (χ0v) is 11.9. The van der Waals surface area contributed by atoms with Crippen molar-refractivity contribution in [2.75, 3.05) is 7.05 Å². The van der Waals surface area contributed by atoms with E-state index >= 15 is 0 Å². The summed E-state index contributed by atoms with van der Waals surface area (Å²) in [6.07, 6.45) is 5.78. The first kappa shape index (κ1) is 15.4. The molecule has 0 fully saturated rings. The predicted molar refractivity (Wildman–Crippen MR) is 76.5 cm³/mol. The van der Waals surface area contributed by atoms with Crippen LogP contribution in [0, 0.1) is 23.5 Å². The van der Waals surface area contributed by atoms with Gasteiger partial charge in [-0.15, -0.1) is 0 Å². The lowest BCUT2D eigenvalue weighted by Gasteiger charge is -2.10. The average Bonchev–Trinajstić information content (AvgIpc) is 2.35. The van der Waals surface area contributed by atoms with Crippen molar-refractivity contribution in [2.45, 2.75) is 20.8 Å². The molecule has 0 aliphatic carbocycles. The smallest absolute Gasteiger partial charge is 0.135 e. The molecule has 0 aromatic heterocycles. The van der Waals surface area contributed by atoms with Crippen LogP contribution in [-0.2, 0) is 0 Å². The summed E-state index contributed by atoms with van der Waals surface area (Å²) in [4.78, 5) is 0. The highest BCUT2D eigenvalue weighted by molar-refractivity contribution is 5.65.